The largest absolute Gasteiger partial charge is 0.309 e. The van der Waals surface area contributed by atoms with Crippen LogP contribution in [-0.4, -0.2) is 21.8 Å². The zero-order valence-corrected chi connectivity index (χ0v) is 36.0. The summed E-state index contributed by atoms with van der Waals surface area (Å²) in [6.45, 7) is 0. The molecule has 0 aliphatic rings. The van der Waals surface area contributed by atoms with Gasteiger partial charge in [-0.15, -0.1) is 0 Å². The van der Waals surface area contributed by atoms with Crippen molar-refractivity contribution in [3.05, 3.63) is 249 Å². The monoisotopic (exact) mass is 831 g/mol. The Labute approximate surface area is 372 Å². The minimum absolute atomic E-state index is 1.13. The molecule has 0 aliphatic heterocycles. The molecule has 3 aromatic heterocycles. The number of hydrogen-bond donors (Lipinski definition) is 0. The first-order valence-corrected chi connectivity index (χ1v) is 24.1. The van der Waals surface area contributed by atoms with Crippen LogP contribution in [-0.2, 0) is 0 Å². The second-order valence-corrected chi connectivity index (χ2v) is 20.6. The van der Waals surface area contributed by atoms with E-state index >= 15 is 0 Å². The molecule has 0 N–H and O–H groups in total. The number of hydrogen-bond acceptors (Lipinski definition) is 0. The first kappa shape index (κ1) is 36.5. The molecule has 0 bridgehead atoms. The van der Waals surface area contributed by atoms with Gasteiger partial charge in [0.15, 0.2) is 8.07 Å². The lowest BCUT2D eigenvalue weighted by atomic mass is 10.1. The highest BCUT2D eigenvalue weighted by atomic mass is 28.3. The second-order valence-electron chi connectivity index (χ2n) is 16.8. The summed E-state index contributed by atoms with van der Waals surface area (Å²) in [7, 11) is -2.91. The van der Waals surface area contributed by atoms with Crippen molar-refractivity contribution in [2.75, 3.05) is 0 Å². The van der Waals surface area contributed by atoms with Crippen LogP contribution in [0.4, 0.5) is 0 Å². The molecule has 64 heavy (non-hydrogen) atoms. The highest BCUT2D eigenvalue weighted by Gasteiger charge is 2.43. The first-order valence-electron chi connectivity index (χ1n) is 22.1. The van der Waals surface area contributed by atoms with E-state index in [1.54, 1.807) is 0 Å². The summed E-state index contributed by atoms with van der Waals surface area (Å²) < 4.78 is 7.45. The van der Waals surface area contributed by atoms with Gasteiger partial charge in [0.2, 0.25) is 0 Å². The third-order valence-electron chi connectivity index (χ3n) is 13.6. The lowest BCUT2D eigenvalue weighted by molar-refractivity contribution is 1.13. The summed E-state index contributed by atoms with van der Waals surface area (Å²) in [5.41, 5.74) is 10.6. The maximum absolute atomic E-state index is 2.91. The third kappa shape index (κ3) is 5.21. The summed E-state index contributed by atoms with van der Waals surface area (Å²) in [4.78, 5) is 0. The Bertz CT molecular complexity index is 3730. The van der Waals surface area contributed by atoms with E-state index in [1.165, 1.54) is 86.2 Å². The lowest BCUT2D eigenvalue weighted by Gasteiger charge is -2.35. The molecule has 13 aromatic rings. The van der Waals surface area contributed by atoms with Crippen molar-refractivity contribution >= 4 is 94.2 Å². The number of rotatable bonds is 7. The van der Waals surface area contributed by atoms with Crippen molar-refractivity contribution in [3.63, 3.8) is 0 Å². The van der Waals surface area contributed by atoms with Crippen LogP contribution in [0.25, 0.3) is 82.5 Å². The van der Waals surface area contributed by atoms with E-state index in [1.807, 2.05) is 0 Å². The molecule has 4 heteroatoms. The standard InChI is InChI=1S/C60H41N3Si/c1-5-21-42(22-6-1)62-55-40-39-43(61-52-33-16-13-29-47(52)48-30-14-17-34-53(48)61)41-51(55)49-32-19-37-57(60(49)62)63-54-35-18-15-31-50(54)59-56(63)36-20-38-58(59)64(44-23-7-2-8-24-44,45-25-9-3-10-26-45)46-27-11-4-12-28-46/h1-41H. The van der Waals surface area contributed by atoms with Crippen molar-refractivity contribution in [1.82, 2.24) is 13.7 Å². The van der Waals surface area contributed by atoms with Crippen LogP contribution in [0.3, 0.4) is 0 Å². The molecule has 300 valence electrons. The van der Waals surface area contributed by atoms with Gasteiger partial charge in [-0.3, -0.25) is 0 Å². The Morgan fingerprint density at radius 2 is 0.719 bits per heavy atom. The maximum Gasteiger partial charge on any atom is 0.180 e. The Hall–Kier alpha value is -8.18. The van der Waals surface area contributed by atoms with E-state index in [2.05, 4.69) is 262 Å². The molecule has 3 nitrogen and oxygen atoms in total. The molecule has 0 fully saturated rings. The van der Waals surface area contributed by atoms with Crippen LogP contribution in [0.2, 0.25) is 0 Å². The van der Waals surface area contributed by atoms with Crippen molar-refractivity contribution in [2.45, 2.75) is 0 Å². The molecule has 0 saturated heterocycles. The van der Waals surface area contributed by atoms with E-state index in [0.29, 0.717) is 0 Å². The SMILES string of the molecule is c1ccc(-n2c3ccc(-n4c5ccccc5c5ccccc54)cc3c3cccc(-n4c5ccccc5c5c([Si](c6ccccc6)(c6ccccc6)c6ccccc6)cccc54)c32)cc1. The minimum atomic E-state index is -2.91. The van der Waals surface area contributed by atoms with E-state index in [-0.39, 0.29) is 0 Å². The van der Waals surface area contributed by atoms with Gasteiger partial charge in [-0.25, -0.2) is 0 Å². The van der Waals surface area contributed by atoms with Gasteiger partial charge in [-0.2, -0.15) is 0 Å². The fourth-order valence-corrected chi connectivity index (χ4v) is 16.0. The highest BCUT2D eigenvalue weighted by molar-refractivity contribution is 7.20. The summed E-state index contributed by atoms with van der Waals surface area (Å²) >= 11 is 0. The Balaban J connectivity index is 1.15. The Morgan fingerprint density at radius 3 is 1.31 bits per heavy atom. The highest BCUT2D eigenvalue weighted by Crippen LogP contribution is 2.41. The smallest absolute Gasteiger partial charge is 0.180 e. The molecular formula is C60H41N3Si. The predicted molar refractivity (Wildman–Crippen MR) is 273 cm³/mol. The van der Waals surface area contributed by atoms with Crippen molar-refractivity contribution in [1.29, 1.82) is 0 Å². The topological polar surface area (TPSA) is 14.8 Å². The Morgan fingerprint density at radius 1 is 0.266 bits per heavy atom. The molecule has 0 spiro atoms. The zero-order valence-electron chi connectivity index (χ0n) is 35.0. The van der Waals surface area contributed by atoms with Gasteiger partial charge in [-0.05, 0) is 81.4 Å². The normalized spacial score (nSPS) is 12.1. The minimum Gasteiger partial charge on any atom is -0.309 e. The van der Waals surface area contributed by atoms with E-state index in [0.717, 1.165) is 17.1 Å². The summed E-state index contributed by atoms with van der Waals surface area (Å²) in [6, 6.07) is 92.3. The predicted octanol–water partition coefficient (Wildman–Crippen LogP) is 12.4. The molecule has 13 rings (SSSR count). The van der Waals surface area contributed by atoms with Gasteiger partial charge in [0.1, 0.15) is 0 Å². The van der Waals surface area contributed by atoms with E-state index in [4.69, 9.17) is 0 Å². The van der Waals surface area contributed by atoms with E-state index in [9.17, 15) is 0 Å². The van der Waals surface area contributed by atoms with Gasteiger partial charge in [0.05, 0.1) is 38.8 Å². The van der Waals surface area contributed by atoms with Crippen LogP contribution in [0.1, 0.15) is 0 Å². The van der Waals surface area contributed by atoms with E-state index < -0.39 is 8.07 Å². The van der Waals surface area contributed by atoms with Crippen LogP contribution in [0.5, 0.6) is 0 Å². The van der Waals surface area contributed by atoms with Crippen molar-refractivity contribution < 1.29 is 0 Å². The van der Waals surface area contributed by atoms with Gasteiger partial charge in [0.25, 0.3) is 0 Å². The van der Waals surface area contributed by atoms with Crippen LogP contribution in [0, 0.1) is 0 Å². The quantitative estimate of drug-likeness (QED) is 0.112. The molecule has 0 saturated carbocycles. The second kappa shape index (κ2) is 14.5. The number of fused-ring (bicyclic) bond motifs is 9. The maximum atomic E-state index is 2.54. The molecule has 0 radical (unpaired) electrons. The number of benzene rings is 10. The van der Waals surface area contributed by atoms with Crippen molar-refractivity contribution in [2.24, 2.45) is 0 Å². The van der Waals surface area contributed by atoms with Gasteiger partial charge >= 0.3 is 0 Å². The zero-order chi connectivity index (χ0) is 42.2. The van der Waals surface area contributed by atoms with Gasteiger partial charge in [-0.1, -0.05) is 188 Å². The summed E-state index contributed by atoms with van der Waals surface area (Å²) in [5.74, 6) is 0. The number of nitrogens with zero attached hydrogens (tertiary/aromatic N) is 3. The van der Waals surface area contributed by atoms with Crippen LogP contribution in [0.15, 0.2) is 249 Å². The Kier molecular flexibility index (Phi) is 8.23. The summed E-state index contributed by atoms with van der Waals surface area (Å²) in [6.07, 6.45) is 0. The molecule has 0 aliphatic carbocycles. The molecule has 3 heterocycles. The number of aromatic nitrogens is 3. The molecular weight excluding hydrogens is 791 g/mol. The fourth-order valence-electron chi connectivity index (χ4n) is 11.0. The van der Waals surface area contributed by atoms with Crippen LogP contribution >= 0.6 is 0 Å². The molecule has 0 amide bonds. The van der Waals surface area contributed by atoms with Gasteiger partial charge < -0.3 is 13.7 Å². The lowest BCUT2D eigenvalue weighted by Crippen LogP contribution is -2.74. The summed E-state index contributed by atoms with van der Waals surface area (Å²) in [5, 5.41) is 13.0. The molecule has 0 atom stereocenters. The molecule has 0 unspecified atom stereocenters. The third-order valence-corrected chi connectivity index (χ3v) is 18.4. The van der Waals surface area contributed by atoms with Crippen LogP contribution < -0.4 is 20.7 Å². The number of para-hydroxylation sites is 5. The molecule has 10 aromatic carbocycles. The van der Waals surface area contributed by atoms with Crippen molar-refractivity contribution in [3.8, 4) is 17.1 Å². The average Bonchev–Trinajstić information content (AvgIpc) is 4.01. The fraction of sp³-hybridized carbons (Fsp3) is 0. The van der Waals surface area contributed by atoms with Gasteiger partial charge in [0, 0.05) is 43.7 Å². The first-order chi connectivity index (χ1) is 31.8. The average molecular weight is 832 g/mol.